The smallest absolute Gasteiger partial charge is 0.322 e. The highest BCUT2D eigenvalue weighted by atomic mass is 32.2. The van der Waals surface area contributed by atoms with Crippen LogP contribution in [0.3, 0.4) is 0 Å². The summed E-state index contributed by atoms with van der Waals surface area (Å²) >= 11 is 0. The first-order chi connectivity index (χ1) is 13.4. The molecule has 28 heavy (non-hydrogen) atoms. The Bertz CT molecular complexity index is 896. The van der Waals surface area contributed by atoms with Crippen molar-refractivity contribution in [2.45, 2.75) is 36.6 Å². The van der Waals surface area contributed by atoms with Gasteiger partial charge in [-0.2, -0.15) is 4.31 Å². The maximum Gasteiger partial charge on any atom is 0.322 e. The number of hydrogen-bond donors (Lipinski definition) is 1. The van der Waals surface area contributed by atoms with Gasteiger partial charge in [0, 0.05) is 6.54 Å². The van der Waals surface area contributed by atoms with E-state index >= 15 is 0 Å². The van der Waals surface area contributed by atoms with Crippen LogP contribution in [0.25, 0.3) is 0 Å². The number of aliphatic carboxylic acids is 1. The molecule has 0 unspecified atom stereocenters. The molecule has 3 rings (SSSR count). The van der Waals surface area contributed by atoms with Crippen molar-refractivity contribution >= 4 is 16.0 Å². The van der Waals surface area contributed by atoms with Gasteiger partial charge in [-0.25, -0.2) is 8.42 Å². The number of carboxylic acid groups (broad SMARTS) is 1. The molecule has 0 spiro atoms. The van der Waals surface area contributed by atoms with Gasteiger partial charge in [0.2, 0.25) is 10.0 Å². The van der Waals surface area contributed by atoms with Gasteiger partial charge in [-0.3, -0.25) is 4.79 Å². The van der Waals surface area contributed by atoms with E-state index in [2.05, 4.69) is 0 Å². The SMILES string of the molecule is COc1ccc(S(=O)(=O)N2CCCC[C@@H](Cc3ccccc3)[C@H]2C(=O)O)cc1. The lowest BCUT2D eigenvalue weighted by Gasteiger charge is -2.31. The second kappa shape index (κ2) is 8.75. The van der Waals surface area contributed by atoms with Crippen LogP contribution in [0, 0.1) is 5.92 Å². The molecule has 150 valence electrons. The minimum Gasteiger partial charge on any atom is -0.497 e. The summed E-state index contributed by atoms with van der Waals surface area (Å²) in [6, 6.07) is 14.6. The minimum atomic E-state index is -3.93. The van der Waals surface area contributed by atoms with E-state index in [1.807, 2.05) is 30.3 Å². The summed E-state index contributed by atoms with van der Waals surface area (Å²) in [4.78, 5) is 12.3. The minimum absolute atomic E-state index is 0.0833. The highest BCUT2D eigenvalue weighted by Crippen LogP contribution is 2.31. The van der Waals surface area contributed by atoms with Crippen molar-refractivity contribution in [3.8, 4) is 5.75 Å². The number of carboxylic acids is 1. The summed E-state index contributed by atoms with van der Waals surface area (Å²) in [5, 5.41) is 9.95. The van der Waals surface area contributed by atoms with Crippen molar-refractivity contribution in [1.82, 2.24) is 4.31 Å². The Morgan fingerprint density at radius 3 is 2.39 bits per heavy atom. The van der Waals surface area contributed by atoms with E-state index in [0.717, 1.165) is 12.0 Å². The molecule has 1 aliphatic heterocycles. The quantitative estimate of drug-likeness (QED) is 0.801. The molecule has 0 saturated carbocycles. The van der Waals surface area contributed by atoms with Crippen LogP contribution in [0.2, 0.25) is 0 Å². The first-order valence-electron chi connectivity index (χ1n) is 9.36. The van der Waals surface area contributed by atoms with Gasteiger partial charge in [0.1, 0.15) is 11.8 Å². The predicted octanol–water partition coefficient (Wildman–Crippen LogP) is 3.18. The molecule has 0 bridgehead atoms. The Hall–Kier alpha value is -2.38. The molecule has 7 heteroatoms. The van der Waals surface area contributed by atoms with Gasteiger partial charge in [0.25, 0.3) is 0 Å². The van der Waals surface area contributed by atoms with Gasteiger partial charge < -0.3 is 9.84 Å². The van der Waals surface area contributed by atoms with E-state index in [9.17, 15) is 18.3 Å². The molecule has 2 aromatic carbocycles. The number of rotatable bonds is 6. The fourth-order valence-electron chi connectivity index (χ4n) is 3.81. The third kappa shape index (κ3) is 4.36. The van der Waals surface area contributed by atoms with E-state index in [1.54, 1.807) is 12.1 Å². The summed E-state index contributed by atoms with van der Waals surface area (Å²) in [7, 11) is -2.43. The normalized spacial score (nSPS) is 21.0. The zero-order chi connectivity index (χ0) is 20.1. The summed E-state index contributed by atoms with van der Waals surface area (Å²) in [6.45, 7) is 0.205. The number of ether oxygens (including phenoxy) is 1. The van der Waals surface area contributed by atoms with Crippen molar-refractivity contribution in [2.75, 3.05) is 13.7 Å². The van der Waals surface area contributed by atoms with Crippen LogP contribution in [-0.4, -0.2) is 43.5 Å². The lowest BCUT2D eigenvalue weighted by Crippen LogP contribution is -2.49. The molecule has 1 saturated heterocycles. The molecule has 2 aromatic rings. The van der Waals surface area contributed by atoms with E-state index in [4.69, 9.17) is 4.74 Å². The topological polar surface area (TPSA) is 83.9 Å². The second-order valence-electron chi connectivity index (χ2n) is 7.02. The molecule has 1 heterocycles. The number of carbonyl (C=O) groups is 1. The first-order valence-corrected chi connectivity index (χ1v) is 10.8. The third-order valence-electron chi connectivity index (χ3n) is 5.22. The molecule has 0 amide bonds. The number of methoxy groups -OCH3 is 1. The fourth-order valence-corrected chi connectivity index (χ4v) is 5.50. The van der Waals surface area contributed by atoms with Crippen LogP contribution in [0.1, 0.15) is 24.8 Å². The van der Waals surface area contributed by atoms with Crippen molar-refractivity contribution in [1.29, 1.82) is 0 Å². The molecular weight excluding hydrogens is 378 g/mol. The maximum atomic E-state index is 13.3. The van der Waals surface area contributed by atoms with Crippen LogP contribution >= 0.6 is 0 Å². The Balaban J connectivity index is 1.95. The zero-order valence-corrected chi connectivity index (χ0v) is 16.6. The van der Waals surface area contributed by atoms with E-state index < -0.39 is 22.0 Å². The molecule has 6 nitrogen and oxygen atoms in total. The summed E-state index contributed by atoms with van der Waals surface area (Å²) in [5.74, 6) is -0.832. The van der Waals surface area contributed by atoms with Crippen LogP contribution < -0.4 is 4.74 Å². The van der Waals surface area contributed by atoms with Gasteiger partial charge in [-0.05, 0) is 55.0 Å². The maximum absolute atomic E-state index is 13.3. The molecule has 1 aliphatic rings. The molecule has 0 aromatic heterocycles. The fraction of sp³-hybridized carbons (Fsp3) is 0.381. The summed E-state index contributed by atoms with van der Waals surface area (Å²) in [5.41, 5.74) is 1.02. The average molecular weight is 404 g/mol. The van der Waals surface area contributed by atoms with Gasteiger partial charge >= 0.3 is 5.97 Å². The second-order valence-corrected chi connectivity index (χ2v) is 8.91. The predicted molar refractivity (Wildman–Crippen MR) is 106 cm³/mol. The lowest BCUT2D eigenvalue weighted by molar-refractivity contribution is -0.143. The van der Waals surface area contributed by atoms with Gasteiger partial charge in [-0.1, -0.05) is 36.8 Å². The zero-order valence-electron chi connectivity index (χ0n) is 15.8. The van der Waals surface area contributed by atoms with E-state index in [0.29, 0.717) is 25.0 Å². The number of nitrogens with zero attached hydrogens (tertiary/aromatic N) is 1. The van der Waals surface area contributed by atoms with E-state index in [1.165, 1.54) is 23.5 Å². The van der Waals surface area contributed by atoms with E-state index in [-0.39, 0.29) is 17.4 Å². The van der Waals surface area contributed by atoms with Crippen molar-refractivity contribution in [3.63, 3.8) is 0 Å². The molecule has 1 N–H and O–H groups in total. The van der Waals surface area contributed by atoms with Crippen LogP contribution in [-0.2, 0) is 21.2 Å². The number of benzene rings is 2. The highest BCUT2D eigenvalue weighted by molar-refractivity contribution is 7.89. The first kappa shape index (κ1) is 20.4. The Morgan fingerprint density at radius 2 is 1.79 bits per heavy atom. The Labute approximate surface area is 165 Å². The molecule has 0 radical (unpaired) electrons. The summed E-state index contributed by atoms with van der Waals surface area (Å²) in [6.07, 6.45) is 2.66. The average Bonchev–Trinajstić information content (AvgIpc) is 2.92. The monoisotopic (exact) mass is 403 g/mol. The summed E-state index contributed by atoms with van der Waals surface area (Å²) < 4.78 is 32.8. The van der Waals surface area contributed by atoms with Crippen molar-refractivity contribution in [3.05, 3.63) is 60.2 Å². The van der Waals surface area contributed by atoms with Gasteiger partial charge in [0.15, 0.2) is 0 Å². The Kier molecular flexibility index (Phi) is 6.36. The van der Waals surface area contributed by atoms with Gasteiger partial charge in [-0.15, -0.1) is 0 Å². The van der Waals surface area contributed by atoms with Crippen LogP contribution in [0.15, 0.2) is 59.5 Å². The van der Waals surface area contributed by atoms with Crippen LogP contribution in [0.4, 0.5) is 0 Å². The number of sulfonamides is 1. The number of hydrogen-bond acceptors (Lipinski definition) is 4. The van der Waals surface area contributed by atoms with Crippen molar-refractivity contribution in [2.24, 2.45) is 5.92 Å². The Morgan fingerprint density at radius 1 is 1.11 bits per heavy atom. The standard InChI is InChI=1S/C21H25NO5S/c1-27-18-10-12-19(13-11-18)28(25,26)22-14-6-5-9-17(20(22)21(23)24)15-16-7-3-2-4-8-16/h2-4,7-8,10-13,17,20H,5-6,9,14-15H2,1H3,(H,23,24)/t17-,20-/m0/s1. The molecular formula is C21H25NO5S. The third-order valence-corrected chi connectivity index (χ3v) is 7.11. The largest absolute Gasteiger partial charge is 0.497 e. The van der Waals surface area contributed by atoms with Gasteiger partial charge in [0.05, 0.1) is 12.0 Å². The molecule has 2 atom stereocenters. The van der Waals surface area contributed by atoms with Crippen molar-refractivity contribution < 1.29 is 23.1 Å². The molecule has 1 fully saturated rings. The highest BCUT2D eigenvalue weighted by Gasteiger charge is 2.42. The van der Waals surface area contributed by atoms with Crippen LogP contribution in [0.5, 0.6) is 5.75 Å². The molecule has 0 aliphatic carbocycles. The lowest BCUT2D eigenvalue weighted by atomic mass is 9.89.